The van der Waals surface area contributed by atoms with Crippen LogP contribution in [-0.2, 0) is 15.7 Å². The molecule has 2 aromatic heterocycles. The maximum atomic E-state index is 14.8. The van der Waals surface area contributed by atoms with Gasteiger partial charge in [-0.15, -0.1) is 0 Å². The van der Waals surface area contributed by atoms with Crippen molar-refractivity contribution in [3.8, 4) is 17.2 Å². The fourth-order valence-electron chi connectivity index (χ4n) is 2.97. The molecule has 1 atom stereocenters. The van der Waals surface area contributed by atoms with E-state index in [0.29, 0.717) is 6.07 Å². The average Bonchev–Trinajstić information content (AvgIpc) is 3.12. The maximum absolute atomic E-state index is 14.8. The highest BCUT2D eigenvalue weighted by molar-refractivity contribution is 6.34. The maximum Gasteiger partial charge on any atom is 0.431 e. The van der Waals surface area contributed by atoms with E-state index in [1.54, 1.807) is 13.0 Å². The molecule has 11 heteroatoms. The summed E-state index contributed by atoms with van der Waals surface area (Å²) in [4.78, 5) is 16.0. The van der Waals surface area contributed by atoms with Crippen molar-refractivity contribution < 1.29 is 27.1 Å². The van der Waals surface area contributed by atoms with Crippen LogP contribution in [0.2, 0.25) is 10.0 Å². The topological polar surface area (TPSA) is 67.4 Å². The molecule has 0 aliphatic carbocycles. The summed E-state index contributed by atoms with van der Waals surface area (Å²) in [5, 5.41) is 8.74. The highest BCUT2D eigenvalue weighted by Gasteiger charge is 2.35. The molecule has 30 heavy (non-hydrogen) atoms. The number of nitriles is 1. The Morgan fingerprint density at radius 3 is 2.60 bits per heavy atom. The number of imidazole rings is 1. The lowest BCUT2D eigenvalue weighted by Crippen LogP contribution is -2.15. The minimum atomic E-state index is -4.74. The highest BCUT2D eigenvalue weighted by atomic mass is 35.5. The van der Waals surface area contributed by atoms with Gasteiger partial charge in [0.2, 0.25) is 0 Å². The molecule has 1 unspecified atom stereocenters. The fourth-order valence-corrected chi connectivity index (χ4v) is 3.52. The van der Waals surface area contributed by atoms with E-state index in [4.69, 9.17) is 27.9 Å². The Morgan fingerprint density at radius 2 is 2.00 bits per heavy atom. The number of nitrogens with zero attached hydrogens (tertiary/aromatic N) is 3. The standard InChI is InChI=1S/C19H11Cl2F4N3O2/c1-2-30-18(29)11(8-26)9-5-10(14(22)6-12(9)20)16-13(21)7-15(19(23,24)25)28-4-3-27-17(16)28/h3-7,11H,2H2,1H3. The lowest BCUT2D eigenvalue weighted by molar-refractivity contribution is -0.143. The largest absolute Gasteiger partial charge is 0.465 e. The number of hydrogen-bond acceptors (Lipinski definition) is 4. The lowest BCUT2D eigenvalue weighted by Gasteiger charge is -2.16. The van der Waals surface area contributed by atoms with Crippen LogP contribution in [0.3, 0.4) is 0 Å². The third-order valence-corrected chi connectivity index (χ3v) is 4.86. The molecular formula is C19H11Cl2F4N3O2. The zero-order chi connectivity index (χ0) is 22.2. The van der Waals surface area contributed by atoms with Crippen molar-refractivity contribution in [2.24, 2.45) is 0 Å². The first-order valence-electron chi connectivity index (χ1n) is 8.38. The number of alkyl halides is 3. The van der Waals surface area contributed by atoms with Crippen LogP contribution in [-0.4, -0.2) is 22.0 Å². The predicted octanol–water partition coefficient (Wildman–Crippen LogP) is 5.64. The molecule has 0 amide bonds. The first-order chi connectivity index (χ1) is 14.1. The van der Waals surface area contributed by atoms with Crippen molar-refractivity contribution in [1.82, 2.24) is 9.38 Å². The Labute approximate surface area is 177 Å². The second-order valence-corrected chi connectivity index (χ2v) is 6.85. The molecule has 0 saturated carbocycles. The van der Waals surface area contributed by atoms with E-state index >= 15 is 0 Å². The summed E-state index contributed by atoms with van der Waals surface area (Å²) < 4.78 is 60.3. The van der Waals surface area contributed by atoms with Gasteiger partial charge in [0.1, 0.15) is 17.2 Å². The van der Waals surface area contributed by atoms with Crippen LogP contribution >= 0.6 is 23.2 Å². The van der Waals surface area contributed by atoms with Gasteiger partial charge in [-0.05, 0) is 30.7 Å². The Kier molecular flexibility index (Phi) is 5.92. The summed E-state index contributed by atoms with van der Waals surface area (Å²) in [6, 6.07) is 4.32. The number of fused-ring (bicyclic) bond motifs is 1. The van der Waals surface area contributed by atoms with Gasteiger partial charge in [-0.2, -0.15) is 18.4 Å². The molecule has 2 heterocycles. The van der Waals surface area contributed by atoms with Gasteiger partial charge in [-0.3, -0.25) is 9.20 Å². The van der Waals surface area contributed by atoms with Crippen LogP contribution in [0.4, 0.5) is 17.6 Å². The van der Waals surface area contributed by atoms with Gasteiger partial charge in [0, 0.05) is 28.5 Å². The third kappa shape index (κ3) is 3.80. The number of pyridine rings is 1. The average molecular weight is 460 g/mol. The van der Waals surface area contributed by atoms with Crippen molar-refractivity contribution in [2.45, 2.75) is 19.0 Å². The lowest BCUT2D eigenvalue weighted by atomic mass is 9.95. The third-order valence-electron chi connectivity index (χ3n) is 4.23. The van der Waals surface area contributed by atoms with Gasteiger partial charge in [0.25, 0.3) is 0 Å². The zero-order valence-electron chi connectivity index (χ0n) is 15.1. The zero-order valence-corrected chi connectivity index (χ0v) is 16.6. The molecule has 0 radical (unpaired) electrons. The quantitative estimate of drug-likeness (QED) is 0.374. The first-order valence-corrected chi connectivity index (χ1v) is 9.14. The second kappa shape index (κ2) is 8.13. The van der Waals surface area contributed by atoms with E-state index in [2.05, 4.69) is 4.98 Å². The van der Waals surface area contributed by atoms with Crippen LogP contribution in [0, 0.1) is 17.1 Å². The number of halogens is 6. The van der Waals surface area contributed by atoms with Gasteiger partial charge in [0.05, 0.1) is 17.7 Å². The number of benzene rings is 1. The molecule has 0 fully saturated rings. The monoisotopic (exact) mass is 459 g/mol. The Bertz CT molecular complexity index is 1190. The Balaban J connectivity index is 2.29. The van der Waals surface area contributed by atoms with Crippen LogP contribution in [0.25, 0.3) is 16.8 Å². The van der Waals surface area contributed by atoms with Crippen molar-refractivity contribution in [3.63, 3.8) is 0 Å². The smallest absolute Gasteiger partial charge is 0.431 e. The fraction of sp³-hybridized carbons (Fsp3) is 0.211. The van der Waals surface area contributed by atoms with E-state index in [9.17, 15) is 27.6 Å². The predicted molar refractivity (Wildman–Crippen MR) is 101 cm³/mol. The molecular weight excluding hydrogens is 449 g/mol. The summed E-state index contributed by atoms with van der Waals surface area (Å²) in [6.07, 6.45) is -2.57. The van der Waals surface area contributed by atoms with Gasteiger partial charge in [0.15, 0.2) is 5.92 Å². The Morgan fingerprint density at radius 1 is 1.30 bits per heavy atom. The number of aromatic nitrogens is 2. The summed E-state index contributed by atoms with van der Waals surface area (Å²) in [5.74, 6) is -3.29. The first kappa shape index (κ1) is 21.9. The van der Waals surface area contributed by atoms with Crippen LogP contribution in [0.1, 0.15) is 24.1 Å². The van der Waals surface area contributed by atoms with E-state index in [0.717, 1.165) is 28.9 Å². The van der Waals surface area contributed by atoms with E-state index < -0.39 is 34.6 Å². The number of rotatable bonds is 4. The van der Waals surface area contributed by atoms with E-state index in [1.807, 2.05) is 0 Å². The number of hydrogen-bond donors (Lipinski definition) is 0. The molecule has 0 saturated heterocycles. The molecule has 0 aliphatic heterocycles. The molecule has 0 N–H and O–H groups in total. The molecule has 156 valence electrons. The van der Waals surface area contributed by atoms with Crippen molar-refractivity contribution in [2.75, 3.05) is 6.61 Å². The summed E-state index contributed by atoms with van der Waals surface area (Å²) in [5.41, 5.74) is -1.85. The highest BCUT2D eigenvalue weighted by Crippen LogP contribution is 2.41. The minimum absolute atomic E-state index is 0.00210. The minimum Gasteiger partial charge on any atom is -0.465 e. The van der Waals surface area contributed by atoms with Gasteiger partial charge in [-0.1, -0.05) is 23.2 Å². The van der Waals surface area contributed by atoms with Crippen LogP contribution in [0.15, 0.2) is 30.6 Å². The van der Waals surface area contributed by atoms with Crippen LogP contribution < -0.4 is 0 Å². The normalized spacial score (nSPS) is 12.6. The number of carbonyl (C=O) groups excluding carboxylic acids is 1. The molecule has 0 spiro atoms. The van der Waals surface area contributed by atoms with E-state index in [-0.39, 0.29) is 34.0 Å². The van der Waals surface area contributed by atoms with Crippen molar-refractivity contribution in [3.05, 3.63) is 57.7 Å². The van der Waals surface area contributed by atoms with Crippen molar-refractivity contribution in [1.29, 1.82) is 5.26 Å². The molecule has 0 bridgehead atoms. The van der Waals surface area contributed by atoms with E-state index in [1.165, 1.54) is 0 Å². The number of ether oxygens (including phenoxy) is 1. The summed E-state index contributed by atoms with van der Waals surface area (Å²) >= 11 is 12.1. The number of esters is 1. The summed E-state index contributed by atoms with van der Waals surface area (Å²) in [7, 11) is 0. The van der Waals surface area contributed by atoms with Crippen molar-refractivity contribution >= 4 is 34.8 Å². The molecule has 1 aromatic carbocycles. The van der Waals surface area contributed by atoms with Gasteiger partial charge in [-0.25, -0.2) is 9.37 Å². The molecule has 5 nitrogen and oxygen atoms in total. The molecule has 0 aliphatic rings. The molecule has 3 aromatic rings. The second-order valence-electron chi connectivity index (χ2n) is 6.04. The SMILES string of the molecule is CCOC(=O)C(C#N)c1cc(-c2c(Cl)cc(C(F)(F)F)n3ccnc23)c(F)cc1Cl. The van der Waals surface area contributed by atoms with Crippen LogP contribution in [0.5, 0.6) is 0 Å². The Hall–Kier alpha value is -2.83. The summed E-state index contributed by atoms with van der Waals surface area (Å²) in [6.45, 7) is 1.54. The number of carbonyl (C=O) groups is 1. The molecule has 3 rings (SSSR count). The van der Waals surface area contributed by atoms with Gasteiger partial charge >= 0.3 is 12.1 Å². The van der Waals surface area contributed by atoms with Gasteiger partial charge < -0.3 is 4.74 Å².